The van der Waals surface area contributed by atoms with Gasteiger partial charge in [-0.2, -0.15) is 0 Å². The van der Waals surface area contributed by atoms with Gasteiger partial charge in [-0.25, -0.2) is 0 Å². The van der Waals surface area contributed by atoms with Gasteiger partial charge in [-0.3, -0.25) is 0 Å². The Labute approximate surface area is 125 Å². The molecule has 1 unspecified atom stereocenters. The summed E-state index contributed by atoms with van der Waals surface area (Å²) in [5.74, 6) is 0. The highest BCUT2D eigenvalue weighted by atomic mass is 35.5. The van der Waals surface area contributed by atoms with Gasteiger partial charge in [0.2, 0.25) is 0 Å². The average Bonchev–Trinajstić information content (AvgIpc) is 2.91. The average molecular weight is 293 g/mol. The van der Waals surface area contributed by atoms with E-state index in [9.17, 15) is 0 Å². The molecule has 108 valence electrons. The molecule has 2 rings (SSSR count). The third-order valence-corrected chi connectivity index (χ3v) is 3.75. The lowest BCUT2D eigenvalue weighted by molar-refractivity contribution is 0.563. The van der Waals surface area contributed by atoms with Crippen molar-refractivity contribution in [3.63, 3.8) is 0 Å². The summed E-state index contributed by atoms with van der Waals surface area (Å²) < 4.78 is 5.08. The van der Waals surface area contributed by atoms with Crippen molar-refractivity contribution in [2.75, 3.05) is 11.9 Å². The zero-order chi connectivity index (χ0) is 14.5. The van der Waals surface area contributed by atoms with Crippen molar-refractivity contribution in [1.29, 1.82) is 0 Å². The fourth-order valence-corrected chi connectivity index (χ4v) is 2.52. The molecule has 0 saturated heterocycles. The Morgan fingerprint density at radius 3 is 2.70 bits per heavy atom. The Hall–Kier alpha value is -1.45. The molecule has 0 aliphatic carbocycles. The molecule has 1 aromatic carbocycles. The Balaban J connectivity index is 2.08. The number of benzene rings is 1. The van der Waals surface area contributed by atoms with Gasteiger partial charge in [-0.15, -0.1) is 0 Å². The van der Waals surface area contributed by atoms with E-state index in [-0.39, 0.29) is 6.04 Å². The number of rotatable bonds is 6. The molecule has 1 heterocycles. The van der Waals surface area contributed by atoms with E-state index in [1.165, 1.54) is 5.56 Å². The largest absolute Gasteiger partial charge is 0.472 e. The van der Waals surface area contributed by atoms with Crippen molar-refractivity contribution < 1.29 is 4.42 Å². The number of anilines is 1. The molecule has 0 spiro atoms. The Morgan fingerprint density at radius 2 is 2.10 bits per heavy atom. The van der Waals surface area contributed by atoms with E-state index < -0.39 is 0 Å². The van der Waals surface area contributed by atoms with Crippen molar-refractivity contribution in [3.8, 4) is 0 Å². The van der Waals surface area contributed by atoms with Gasteiger partial charge in [-0.05, 0) is 36.6 Å². The molecule has 1 aromatic heterocycles. The predicted octanol–water partition coefficient (Wildman–Crippen LogP) is 3.85. The maximum atomic E-state index is 6.39. The van der Waals surface area contributed by atoms with E-state index in [1.807, 2.05) is 19.2 Å². The third kappa shape index (κ3) is 3.78. The van der Waals surface area contributed by atoms with Crippen molar-refractivity contribution in [2.24, 2.45) is 5.73 Å². The van der Waals surface area contributed by atoms with Gasteiger partial charge in [0, 0.05) is 25.2 Å². The zero-order valence-electron chi connectivity index (χ0n) is 12.0. The van der Waals surface area contributed by atoms with Gasteiger partial charge >= 0.3 is 0 Å². The maximum absolute atomic E-state index is 6.39. The number of furan rings is 1. The summed E-state index contributed by atoms with van der Waals surface area (Å²) in [7, 11) is 2.02. The number of hydrogen-bond donors (Lipinski definition) is 1. The standard InChI is InChI=1S/C16H21ClN2O/c1-3-14(18)8-12-4-5-16(15(17)9-12)19(2)10-13-6-7-20-11-13/h4-7,9,11,14H,3,8,10,18H2,1-2H3. The molecule has 20 heavy (non-hydrogen) atoms. The predicted molar refractivity (Wildman–Crippen MR) is 84.2 cm³/mol. The van der Waals surface area contributed by atoms with Crippen molar-refractivity contribution in [3.05, 3.63) is 52.9 Å². The molecule has 1 atom stereocenters. The molecular formula is C16H21ClN2O. The summed E-state index contributed by atoms with van der Waals surface area (Å²) in [6.07, 6.45) is 5.26. The third-order valence-electron chi connectivity index (χ3n) is 3.45. The second-order valence-corrected chi connectivity index (χ2v) is 5.55. The van der Waals surface area contributed by atoms with Crippen LogP contribution in [0.5, 0.6) is 0 Å². The molecule has 2 aromatic rings. The first kappa shape index (κ1) is 14.9. The summed E-state index contributed by atoms with van der Waals surface area (Å²) in [6.45, 7) is 2.86. The van der Waals surface area contributed by atoms with Crippen LogP contribution >= 0.6 is 11.6 Å². The highest BCUT2D eigenvalue weighted by Crippen LogP contribution is 2.27. The van der Waals surface area contributed by atoms with E-state index in [0.717, 1.165) is 35.7 Å². The van der Waals surface area contributed by atoms with E-state index in [4.69, 9.17) is 21.8 Å². The number of halogens is 1. The van der Waals surface area contributed by atoms with Crippen LogP contribution in [-0.4, -0.2) is 13.1 Å². The lowest BCUT2D eigenvalue weighted by atomic mass is 10.0. The lowest BCUT2D eigenvalue weighted by Crippen LogP contribution is -2.21. The molecule has 0 aliphatic rings. The van der Waals surface area contributed by atoms with E-state index in [0.29, 0.717) is 0 Å². The highest BCUT2D eigenvalue weighted by Gasteiger charge is 2.09. The molecule has 4 heteroatoms. The van der Waals surface area contributed by atoms with Gasteiger partial charge in [0.1, 0.15) is 0 Å². The molecule has 0 radical (unpaired) electrons. The van der Waals surface area contributed by atoms with E-state index >= 15 is 0 Å². The molecule has 0 amide bonds. The van der Waals surface area contributed by atoms with Gasteiger partial charge < -0.3 is 15.1 Å². The quantitative estimate of drug-likeness (QED) is 0.879. The van der Waals surface area contributed by atoms with Gasteiger partial charge in [-0.1, -0.05) is 24.6 Å². The van der Waals surface area contributed by atoms with Crippen LogP contribution in [0.2, 0.25) is 5.02 Å². The summed E-state index contributed by atoms with van der Waals surface area (Å²) in [6, 6.07) is 8.32. The Bertz CT molecular complexity index is 539. The molecule has 3 nitrogen and oxygen atoms in total. The highest BCUT2D eigenvalue weighted by molar-refractivity contribution is 6.33. The number of nitrogens with two attached hydrogens (primary N) is 1. The molecular weight excluding hydrogens is 272 g/mol. The van der Waals surface area contributed by atoms with Crippen molar-refractivity contribution >= 4 is 17.3 Å². The molecule has 0 saturated carbocycles. The summed E-state index contributed by atoms with van der Waals surface area (Å²) in [4.78, 5) is 2.11. The minimum Gasteiger partial charge on any atom is -0.472 e. The first-order valence-corrected chi connectivity index (χ1v) is 7.24. The smallest absolute Gasteiger partial charge is 0.0952 e. The van der Waals surface area contributed by atoms with Gasteiger partial charge in [0.25, 0.3) is 0 Å². The van der Waals surface area contributed by atoms with Crippen LogP contribution in [0.4, 0.5) is 5.69 Å². The summed E-state index contributed by atoms with van der Waals surface area (Å²) in [5, 5.41) is 0.761. The summed E-state index contributed by atoms with van der Waals surface area (Å²) >= 11 is 6.39. The van der Waals surface area contributed by atoms with Crippen LogP contribution < -0.4 is 10.6 Å². The first-order chi connectivity index (χ1) is 9.60. The summed E-state index contributed by atoms with van der Waals surface area (Å²) in [5.41, 5.74) is 9.31. The molecule has 2 N–H and O–H groups in total. The van der Waals surface area contributed by atoms with Gasteiger partial charge in [0.05, 0.1) is 23.2 Å². The second-order valence-electron chi connectivity index (χ2n) is 5.15. The van der Waals surface area contributed by atoms with Crippen molar-refractivity contribution in [2.45, 2.75) is 32.4 Å². The van der Waals surface area contributed by atoms with Crippen molar-refractivity contribution in [1.82, 2.24) is 0 Å². The topological polar surface area (TPSA) is 42.4 Å². The van der Waals surface area contributed by atoms with Crippen LogP contribution in [-0.2, 0) is 13.0 Å². The molecule has 0 fully saturated rings. The van der Waals surface area contributed by atoms with E-state index in [2.05, 4.69) is 24.0 Å². The number of nitrogens with zero attached hydrogens (tertiary/aromatic N) is 1. The second kappa shape index (κ2) is 6.82. The fourth-order valence-electron chi connectivity index (χ4n) is 2.18. The SMILES string of the molecule is CCC(N)Cc1ccc(N(C)Cc2ccoc2)c(Cl)c1. The Kier molecular flexibility index (Phi) is 5.10. The number of hydrogen-bond acceptors (Lipinski definition) is 3. The maximum Gasteiger partial charge on any atom is 0.0952 e. The van der Waals surface area contributed by atoms with Crippen LogP contribution in [0.1, 0.15) is 24.5 Å². The molecule has 0 aliphatic heterocycles. The van der Waals surface area contributed by atoms with E-state index in [1.54, 1.807) is 12.5 Å². The lowest BCUT2D eigenvalue weighted by Gasteiger charge is -2.20. The fraction of sp³-hybridized carbons (Fsp3) is 0.375. The normalized spacial score (nSPS) is 12.4. The zero-order valence-corrected chi connectivity index (χ0v) is 12.7. The minimum atomic E-state index is 0.195. The van der Waals surface area contributed by atoms with Crippen LogP contribution in [0.3, 0.4) is 0 Å². The minimum absolute atomic E-state index is 0.195. The van der Waals surface area contributed by atoms with Gasteiger partial charge in [0.15, 0.2) is 0 Å². The van der Waals surface area contributed by atoms with Crippen LogP contribution in [0.15, 0.2) is 41.2 Å². The monoisotopic (exact) mass is 292 g/mol. The van der Waals surface area contributed by atoms with Crippen LogP contribution in [0, 0.1) is 0 Å². The Morgan fingerprint density at radius 1 is 1.30 bits per heavy atom. The first-order valence-electron chi connectivity index (χ1n) is 6.86. The molecule has 0 bridgehead atoms. The van der Waals surface area contributed by atoms with Crippen LogP contribution in [0.25, 0.3) is 0 Å².